The van der Waals surface area contributed by atoms with Gasteiger partial charge >= 0.3 is 0 Å². The van der Waals surface area contributed by atoms with Crippen molar-refractivity contribution in [3.63, 3.8) is 0 Å². The van der Waals surface area contributed by atoms with Gasteiger partial charge in [-0.2, -0.15) is 0 Å². The number of hydrogen-bond acceptors (Lipinski definition) is 3. The van der Waals surface area contributed by atoms with Gasteiger partial charge in [0.25, 0.3) is 0 Å². The van der Waals surface area contributed by atoms with Gasteiger partial charge in [-0.05, 0) is 44.5 Å². The molecule has 0 aromatic heterocycles. The highest BCUT2D eigenvalue weighted by molar-refractivity contribution is 5.98. The Balaban J connectivity index is 2.76. The molecular formula is C17H24N2O3. The fourth-order valence-corrected chi connectivity index (χ4v) is 2.08. The zero-order valence-electron chi connectivity index (χ0n) is 13.4. The molecule has 0 unspecified atom stereocenters. The second-order valence-electron chi connectivity index (χ2n) is 5.79. The molecule has 0 atom stereocenters. The number of amides is 2. The average molecular weight is 304 g/mol. The summed E-state index contributed by atoms with van der Waals surface area (Å²) < 4.78 is 0. The van der Waals surface area contributed by atoms with E-state index in [1.54, 1.807) is 36.9 Å². The minimum absolute atomic E-state index is 0.0585. The fourth-order valence-electron chi connectivity index (χ4n) is 2.08. The molecule has 1 aromatic rings. The number of aliphatic hydroxyl groups is 1. The normalized spacial score (nSPS) is 10.9. The van der Waals surface area contributed by atoms with Crippen LogP contribution in [0.4, 0.5) is 5.69 Å². The molecule has 22 heavy (non-hydrogen) atoms. The Morgan fingerprint density at radius 1 is 1.41 bits per heavy atom. The zero-order chi connectivity index (χ0) is 16.8. The Kier molecular flexibility index (Phi) is 6.31. The molecule has 2 amide bonds. The third-order valence-electron chi connectivity index (χ3n) is 3.05. The maximum absolute atomic E-state index is 12.3. The van der Waals surface area contributed by atoms with E-state index >= 15 is 0 Å². The number of hydrogen-bond donors (Lipinski definition) is 2. The first kappa shape index (κ1) is 17.9. The number of carbonyl (C=O) groups excluding carboxylic acids is 2. The molecule has 0 spiro atoms. The molecular weight excluding hydrogens is 280 g/mol. The second-order valence-corrected chi connectivity index (χ2v) is 5.79. The van der Waals surface area contributed by atoms with Gasteiger partial charge in [0.2, 0.25) is 11.8 Å². The topological polar surface area (TPSA) is 69.6 Å². The van der Waals surface area contributed by atoms with Gasteiger partial charge in [0.15, 0.2) is 0 Å². The molecule has 5 heteroatoms. The lowest BCUT2D eigenvalue weighted by molar-refractivity contribution is -0.133. The van der Waals surface area contributed by atoms with Gasteiger partial charge in [0.1, 0.15) is 0 Å². The largest absolute Gasteiger partial charge is 0.389 e. The van der Waals surface area contributed by atoms with Crippen LogP contribution in [-0.4, -0.2) is 40.5 Å². The number of nitrogens with zero attached hydrogens (tertiary/aromatic N) is 1. The van der Waals surface area contributed by atoms with Crippen LogP contribution in [0.2, 0.25) is 0 Å². The first-order valence-corrected chi connectivity index (χ1v) is 7.27. The van der Waals surface area contributed by atoms with Crippen molar-refractivity contribution in [2.75, 3.05) is 18.4 Å². The summed E-state index contributed by atoms with van der Waals surface area (Å²) in [6.45, 7) is 9.45. The number of anilines is 1. The summed E-state index contributed by atoms with van der Waals surface area (Å²) in [4.78, 5) is 25.2. The Labute approximate surface area is 131 Å². The van der Waals surface area contributed by atoms with Gasteiger partial charge in [0.05, 0.1) is 12.0 Å². The van der Waals surface area contributed by atoms with Crippen molar-refractivity contribution >= 4 is 17.5 Å². The van der Waals surface area contributed by atoms with Gasteiger partial charge in [-0.15, -0.1) is 0 Å². The van der Waals surface area contributed by atoms with E-state index in [0.29, 0.717) is 12.2 Å². The van der Waals surface area contributed by atoms with Crippen LogP contribution in [0.3, 0.4) is 0 Å². The van der Waals surface area contributed by atoms with Crippen LogP contribution in [0.1, 0.15) is 26.3 Å². The molecule has 5 nitrogen and oxygen atoms in total. The van der Waals surface area contributed by atoms with E-state index in [-0.39, 0.29) is 24.8 Å². The molecule has 120 valence electrons. The van der Waals surface area contributed by atoms with E-state index in [9.17, 15) is 14.7 Å². The Morgan fingerprint density at radius 2 is 2.09 bits per heavy atom. The molecule has 0 fully saturated rings. The van der Waals surface area contributed by atoms with E-state index in [4.69, 9.17) is 0 Å². The summed E-state index contributed by atoms with van der Waals surface area (Å²) in [6, 6.07) is 7.13. The summed E-state index contributed by atoms with van der Waals surface area (Å²) in [5.74, 6) is -0.350. The van der Waals surface area contributed by atoms with Crippen molar-refractivity contribution in [3.05, 3.63) is 42.5 Å². The first-order chi connectivity index (χ1) is 10.2. The SMILES string of the molecule is C=CC(=O)Nc1cccc(CC(=O)N(CC)CC(C)(C)O)c1. The highest BCUT2D eigenvalue weighted by atomic mass is 16.3. The van der Waals surface area contributed by atoms with Gasteiger partial charge in [-0.1, -0.05) is 18.7 Å². The van der Waals surface area contributed by atoms with Crippen LogP contribution >= 0.6 is 0 Å². The Hall–Kier alpha value is -2.14. The number of benzene rings is 1. The number of likely N-dealkylation sites (N-methyl/N-ethyl adjacent to an activating group) is 1. The van der Waals surface area contributed by atoms with Crippen LogP contribution in [-0.2, 0) is 16.0 Å². The number of carbonyl (C=O) groups is 2. The van der Waals surface area contributed by atoms with Crippen LogP contribution < -0.4 is 5.32 Å². The van der Waals surface area contributed by atoms with Crippen LogP contribution in [0.25, 0.3) is 0 Å². The molecule has 0 bridgehead atoms. The van der Waals surface area contributed by atoms with Crippen LogP contribution in [0, 0.1) is 0 Å². The second kappa shape index (κ2) is 7.75. The Bertz CT molecular complexity index is 547. The lowest BCUT2D eigenvalue weighted by atomic mass is 10.1. The predicted molar refractivity (Wildman–Crippen MR) is 87.5 cm³/mol. The quantitative estimate of drug-likeness (QED) is 0.757. The summed E-state index contributed by atoms with van der Waals surface area (Å²) in [5.41, 5.74) is 0.507. The molecule has 0 saturated heterocycles. The van der Waals surface area contributed by atoms with E-state index in [2.05, 4.69) is 11.9 Å². The van der Waals surface area contributed by atoms with Crippen LogP contribution in [0.5, 0.6) is 0 Å². The van der Waals surface area contributed by atoms with Crippen molar-refractivity contribution in [2.45, 2.75) is 32.8 Å². The summed E-state index contributed by atoms with van der Waals surface area (Å²) in [5, 5.41) is 12.5. The van der Waals surface area contributed by atoms with Gasteiger partial charge in [0, 0.05) is 18.8 Å². The van der Waals surface area contributed by atoms with Crippen LogP contribution in [0.15, 0.2) is 36.9 Å². The summed E-state index contributed by atoms with van der Waals surface area (Å²) in [7, 11) is 0. The van der Waals surface area contributed by atoms with Crippen molar-refractivity contribution in [1.29, 1.82) is 0 Å². The molecule has 1 aromatic carbocycles. The predicted octanol–water partition coefficient (Wildman–Crippen LogP) is 1.97. The molecule has 0 aliphatic heterocycles. The van der Waals surface area contributed by atoms with Gasteiger partial charge in [-0.25, -0.2) is 0 Å². The van der Waals surface area contributed by atoms with E-state index in [1.807, 2.05) is 13.0 Å². The molecule has 2 N–H and O–H groups in total. The van der Waals surface area contributed by atoms with Crippen molar-refractivity contribution in [3.8, 4) is 0 Å². The lowest BCUT2D eigenvalue weighted by Crippen LogP contribution is -2.42. The molecule has 0 radical (unpaired) electrons. The minimum Gasteiger partial charge on any atom is -0.389 e. The maximum atomic E-state index is 12.3. The van der Waals surface area contributed by atoms with E-state index < -0.39 is 5.60 Å². The molecule has 0 saturated carbocycles. The average Bonchev–Trinajstić information content (AvgIpc) is 2.43. The summed E-state index contributed by atoms with van der Waals surface area (Å²) in [6.07, 6.45) is 1.42. The maximum Gasteiger partial charge on any atom is 0.247 e. The lowest BCUT2D eigenvalue weighted by Gasteiger charge is -2.28. The van der Waals surface area contributed by atoms with Crippen molar-refractivity contribution in [1.82, 2.24) is 4.90 Å². The molecule has 0 heterocycles. The zero-order valence-corrected chi connectivity index (χ0v) is 13.4. The fraction of sp³-hybridized carbons (Fsp3) is 0.412. The highest BCUT2D eigenvalue weighted by Crippen LogP contribution is 2.13. The third-order valence-corrected chi connectivity index (χ3v) is 3.05. The minimum atomic E-state index is -0.925. The first-order valence-electron chi connectivity index (χ1n) is 7.27. The standard InChI is InChI=1S/C17H24N2O3/c1-5-15(20)18-14-9-7-8-13(10-14)11-16(21)19(6-2)12-17(3,4)22/h5,7-10,22H,1,6,11-12H2,2-4H3,(H,18,20). The van der Waals surface area contributed by atoms with E-state index in [1.165, 1.54) is 6.08 Å². The molecule has 0 aliphatic carbocycles. The monoisotopic (exact) mass is 304 g/mol. The Morgan fingerprint density at radius 3 is 2.64 bits per heavy atom. The van der Waals surface area contributed by atoms with Gasteiger partial charge in [-0.3, -0.25) is 9.59 Å². The van der Waals surface area contributed by atoms with Crippen molar-refractivity contribution < 1.29 is 14.7 Å². The number of nitrogens with one attached hydrogen (secondary N) is 1. The summed E-state index contributed by atoms with van der Waals surface area (Å²) >= 11 is 0. The number of rotatable bonds is 7. The smallest absolute Gasteiger partial charge is 0.247 e. The molecule has 0 aliphatic rings. The van der Waals surface area contributed by atoms with Gasteiger partial charge < -0.3 is 15.3 Å². The highest BCUT2D eigenvalue weighted by Gasteiger charge is 2.21. The third kappa shape index (κ3) is 6.10. The van der Waals surface area contributed by atoms with Crippen molar-refractivity contribution in [2.24, 2.45) is 0 Å². The molecule has 1 rings (SSSR count). The van der Waals surface area contributed by atoms with E-state index in [0.717, 1.165) is 5.56 Å².